The van der Waals surface area contributed by atoms with Gasteiger partial charge in [-0.15, -0.1) is 0 Å². The van der Waals surface area contributed by atoms with Crippen molar-refractivity contribution in [3.63, 3.8) is 0 Å². The van der Waals surface area contributed by atoms with E-state index >= 15 is 0 Å². The van der Waals surface area contributed by atoms with Gasteiger partial charge in [0, 0.05) is 6.26 Å². The van der Waals surface area contributed by atoms with E-state index in [4.69, 9.17) is 4.74 Å². The number of anilines is 1. The van der Waals surface area contributed by atoms with Crippen LogP contribution >= 0.6 is 0 Å². The molecule has 0 aliphatic carbocycles. The van der Waals surface area contributed by atoms with Gasteiger partial charge in [0.05, 0.1) is 10.6 Å². The van der Waals surface area contributed by atoms with Gasteiger partial charge in [-0.1, -0.05) is 39.0 Å². The Morgan fingerprint density at radius 2 is 1.81 bits per heavy atom. The summed E-state index contributed by atoms with van der Waals surface area (Å²) in [5, 5.41) is 2.35. The standard InChI is InChI=1S/C19H22FNO4S/c1-19(2,3)14-7-5-6-8-17(14)25-12-18(22)21-16-11-13(26(4,23)24)9-10-15(16)20/h5-11H,12H2,1-4H3,(H,21,22). The molecule has 7 heteroatoms. The van der Waals surface area contributed by atoms with Gasteiger partial charge < -0.3 is 10.1 Å². The maximum atomic E-state index is 13.9. The predicted molar refractivity (Wildman–Crippen MR) is 98.8 cm³/mol. The molecule has 2 aromatic rings. The van der Waals surface area contributed by atoms with E-state index in [9.17, 15) is 17.6 Å². The van der Waals surface area contributed by atoms with Gasteiger partial charge in [-0.05, 0) is 35.2 Å². The van der Waals surface area contributed by atoms with Gasteiger partial charge in [0.25, 0.3) is 5.91 Å². The average molecular weight is 379 g/mol. The molecule has 0 saturated carbocycles. The number of ether oxygens (including phenoxy) is 1. The second-order valence-electron chi connectivity index (χ2n) is 7.00. The maximum Gasteiger partial charge on any atom is 0.262 e. The zero-order valence-electron chi connectivity index (χ0n) is 15.2. The Hall–Kier alpha value is -2.41. The maximum absolute atomic E-state index is 13.9. The minimum atomic E-state index is -3.50. The zero-order chi connectivity index (χ0) is 19.5. The predicted octanol–water partition coefficient (Wildman–Crippen LogP) is 3.54. The van der Waals surface area contributed by atoms with E-state index < -0.39 is 21.6 Å². The molecule has 0 unspecified atom stereocenters. The van der Waals surface area contributed by atoms with Crippen molar-refractivity contribution in [2.75, 3.05) is 18.2 Å². The summed E-state index contributed by atoms with van der Waals surface area (Å²) in [6.07, 6.45) is 1.01. The molecule has 0 fully saturated rings. The van der Waals surface area contributed by atoms with Crippen molar-refractivity contribution in [2.45, 2.75) is 31.1 Å². The quantitative estimate of drug-likeness (QED) is 0.807. The molecule has 0 spiro atoms. The van der Waals surface area contributed by atoms with Crippen molar-refractivity contribution in [3.05, 3.63) is 53.8 Å². The molecule has 0 saturated heterocycles. The van der Waals surface area contributed by atoms with E-state index in [2.05, 4.69) is 5.32 Å². The van der Waals surface area contributed by atoms with Crippen LogP contribution in [0, 0.1) is 5.82 Å². The Bertz CT molecular complexity index is 917. The number of hydrogen-bond donors (Lipinski definition) is 1. The van der Waals surface area contributed by atoms with Gasteiger partial charge in [0.2, 0.25) is 0 Å². The molecule has 0 atom stereocenters. The number of amides is 1. The minimum absolute atomic E-state index is 0.0757. The summed E-state index contributed by atoms with van der Waals surface area (Å²) in [7, 11) is -3.50. The van der Waals surface area contributed by atoms with Gasteiger partial charge in [-0.2, -0.15) is 0 Å². The van der Waals surface area contributed by atoms with Crippen LogP contribution in [0.25, 0.3) is 0 Å². The van der Waals surface area contributed by atoms with Crippen molar-refractivity contribution in [1.82, 2.24) is 0 Å². The van der Waals surface area contributed by atoms with Crippen LogP contribution in [-0.4, -0.2) is 27.2 Å². The highest BCUT2D eigenvalue weighted by atomic mass is 32.2. The first kappa shape index (κ1) is 19.9. The molecule has 0 radical (unpaired) electrons. The van der Waals surface area contributed by atoms with Crippen LogP contribution in [0.15, 0.2) is 47.4 Å². The second kappa shape index (κ2) is 7.45. The van der Waals surface area contributed by atoms with E-state index in [0.29, 0.717) is 5.75 Å². The largest absolute Gasteiger partial charge is 0.483 e. The van der Waals surface area contributed by atoms with Gasteiger partial charge in [-0.25, -0.2) is 12.8 Å². The number of para-hydroxylation sites is 1. The molecule has 1 amide bonds. The first-order valence-electron chi connectivity index (χ1n) is 8.00. The molecule has 2 rings (SSSR count). The van der Waals surface area contributed by atoms with E-state index in [0.717, 1.165) is 30.0 Å². The second-order valence-corrected chi connectivity index (χ2v) is 9.01. The van der Waals surface area contributed by atoms with Crippen LogP contribution < -0.4 is 10.1 Å². The number of rotatable bonds is 5. The van der Waals surface area contributed by atoms with Crippen molar-refractivity contribution in [2.24, 2.45) is 0 Å². The molecule has 26 heavy (non-hydrogen) atoms. The Labute approximate surface area is 153 Å². The first-order chi connectivity index (χ1) is 12.0. The number of carbonyl (C=O) groups excluding carboxylic acids is 1. The molecule has 1 N–H and O–H groups in total. The fourth-order valence-corrected chi connectivity index (χ4v) is 3.02. The van der Waals surface area contributed by atoms with Gasteiger partial charge in [-0.3, -0.25) is 4.79 Å². The third-order valence-corrected chi connectivity index (χ3v) is 4.80. The van der Waals surface area contributed by atoms with Crippen molar-refractivity contribution < 1.29 is 22.3 Å². The molecule has 0 bridgehead atoms. The monoisotopic (exact) mass is 379 g/mol. The third-order valence-electron chi connectivity index (χ3n) is 3.69. The number of nitrogens with one attached hydrogen (secondary N) is 1. The molecule has 140 valence electrons. The molecular formula is C19H22FNO4S. The highest BCUT2D eigenvalue weighted by Crippen LogP contribution is 2.31. The normalized spacial score (nSPS) is 11.9. The van der Waals surface area contributed by atoms with Crippen LogP contribution in [-0.2, 0) is 20.0 Å². The highest BCUT2D eigenvalue weighted by molar-refractivity contribution is 7.90. The lowest BCUT2D eigenvalue weighted by molar-refractivity contribution is -0.118. The zero-order valence-corrected chi connectivity index (χ0v) is 16.0. The fraction of sp³-hybridized carbons (Fsp3) is 0.316. The van der Waals surface area contributed by atoms with Crippen LogP contribution in [0.4, 0.5) is 10.1 Å². The fourth-order valence-electron chi connectivity index (χ4n) is 2.37. The van der Waals surface area contributed by atoms with E-state index in [1.165, 1.54) is 0 Å². The number of carbonyl (C=O) groups is 1. The summed E-state index contributed by atoms with van der Waals surface area (Å²) in [5.74, 6) is -0.736. The van der Waals surface area contributed by atoms with Gasteiger partial charge in [0.15, 0.2) is 16.4 Å². The van der Waals surface area contributed by atoms with Crippen molar-refractivity contribution in [3.8, 4) is 5.75 Å². The molecule has 0 aliphatic rings. The lowest BCUT2D eigenvalue weighted by Gasteiger charge is -2.22. The van der Waals surface area contributed by atoms with Gasteiger partial charge >= 0.3 is 0 Å². The summed E-state index contributed by atoms with van der Waals surface area (Å²) in [4.78, 5) is 12.0. The lowest BCUT2D eigenvalue weighted by Crippen LogP contribution is -2.22. The molecule has 2 aromatic carbocycles. The molecule has 5 nitrogen and oxygen atoms in total. The molecule has 0 aliphatic heterocycles. The summed E-state index contributed by atoms with van der Waals surface area (Å²) >= 11 is 0. The number of benzene rings is 2. The average Bonchev–Trinajstić information content (AvgIpc) is 2.53. The molecule has 0 aromatic heterocycles. The summed E-state index contributed by atoms with van der Waals surface area (Å²) in [5.41, 5.74) is 0.576. The van der Waals surface area contributed by atoms with Crippen LogP contribution in [0.2, 0.25) is 0 Å². The van der Waals surface area contributed by atoms with E-state index in [-0.39, 0.29) is 22.6 Å². The van der Waals surface area contributed by atoms with E-state index in [1.54, 1.807) is 12.1 Å². The summed E-state index contributed by atoms with van der Waals surface area (Å²) in [6, 6.07) is 10.6. The SMILES string of the molecule is CC(C)(C)c1ccccc1OCC(=O)Nc1cc(S(C)(=O)=O)ccc1F. The van der Waals surface area contributed by atoms with Crippen LogP contribution in [0.5, 0.6) is 5.75 Å². The highest BCUT2D eigenvalue weighted by Gasteiger charge is 2.19. The summed E-state index contributed by atoms with van der Waals surface area (Å²) < 4.78 is 42.6. The van der Waals surface area contributed by atoms with Crippen LogP contribution in [0.3, 0.4) is 0 Å². The molecule has 0 heterocycles. The van der Waals surface area contributed by atoms with Gasteiger partial charge in [0.1, 0.15) is 11.6 Å². The Kier molecular flexibility index (Phi) is 5.71. The summed E-state index contributed by atoms with van der Waals surface area (Å²) in [6.45, 7) is 5.76. The van der Waals surface area contributed by atoms with E-state index in [1.807, 2.05) is 32.9 Å². The Morgan fingerprint density at radius 3 is 2.42 bits per heavy atom. The van der Waals surface area contributed by atoms with Crippen molar-refractivity contribution in [1.29, 1.82) is 0 Å². The number of halogens is 1. The smallest absolute Gasteiger partial charge is 0.262 e. The lowest BCUT2D eigenvalue weighted by atomic mass is 9.86. The topological polar surface area (TPSA) is 72.5 Å². The number of sulfone groups is 1. The number of hydrogen-bond acceptors (Lipinski definition) is 4. The first-order valence-corrected chi connectivity index (χ1v) is 9.89. The Balaban J connectivity index is 2.12. The molecular weight excluding hydrogens is 357 g/mol. The third kappa shape index (κ3) is 5.05. The Morgan fingerprint density at radius 1 is 1.15 bits per heavy atom. The van der Waals surface area contributed by atoms with Crippen molar-refractivity contribution >= 4 is 21.4 Å². The minimum Gasteiger partial charge on any atom is -0.483 e. The van der Waals surface area contributed by atoms with Crippen LogP contribution in [0.1, 0.15) is 26.3 Å².